The van der Waals surface area contributed by atoms with Gasteiger partial charge in [0.2, 0.25) is 11.8 Å². The summed E-state index contributed by atoms with van der Waals surface area (Å²) in [5.41, 5.74) is 2.04. The van der Waals surface area contributed by atoms with Gasteiger partial charge < -0.3 is 4.42 Å². The predicted molar refractivity (Wildman–Crippen MR) is 120 cm³/mol. The van der Waals surface area contributed by atoms with Crippen molar-refractivity contribution in [3.8, 4) is 11.5 Å². The van der Waals surface area contributed by atoms with Crippen molar-refractivity contribution in [3.05, 3.63) is 57.0 Å². The highest BCUT2D eigenvalue weighted by molar-refractivity contribution is 7.98. The second-order valence-electron chi connectivity index (χ2n) is 7.63. The third-order valence-corrected chi connectivity index (χ3v) is 7.74. The molecule has 0 radical (unpaired) electrons. The molecule has 0 spiro atoms. The van der Waals surface area contributed by atoms with Gasteiger partial charge in [-0.1, -0.05) is 42.8 Å². The summed E-state index contributed by atoms with van der Waals surface area (Å²) in [4.78, 5) is 20.3. The maximum Gasteiger partial charge on any atom is 0.263 e. The normalized spacial score (nSPS) is 14.7. The third-order valence-electron chi connectivity index (χ3n) is 5.70. The number of thiophene rings is 1. The van der Waals surface area contributed by atoms with Crippen molar-refractivity contribution >= 4 is 33.3 Å². The Morgan fingerprint density at radius 3 is 2.70 bits per heavy atom. The number of aromatic nitrogens is 4. The largest absolute Gasteiger partial charge is 0.420 e. The minimum Gasteiger partial charge on any atom is -0.420 e. The van der Waals surface area contributed by atoms with Crippen molar-refractivity contribution in [2.45, 2.75) is 56.5 Å². The number of aryl methyl sites for hydroxylation is 2. The molecule has 0 bridgehead atoms. The highest BCUT2D eigenvalue weighted by Gasteiger charge is 2.25. The lowest BCUT2D eigenvalue weighted by Crippen LogP contribution is -2.26. The molecule has 1 saturated carbocycles. The number of nitrogens with zero attached hydrogens (tertiary/aromatic N) is 4. The molecule has 1 aliphatic carbocycles. The van der Waals surface area contributed by atoms with Gasteiger partial charge in [-0.2, -0.15) is 0 Å². The van der Waals surface area contributed by atoms with Gasteiger partial charge in [0.1, 0.15) is 4.83 Å². The first-order chi connectivity index (χ1) is 14.6. The second kappa shape index (κ2) is 8.00. The van der Waals surface area contributed by atoms with Crippen LogP contribution >= 0.6 is 23.1 Å². The fourth-order valence-corrected chi connectivity index (χ4v) is 5.98. The highest BCUT2D eigenvalue weighted by atomic mass is 32.2. The fourth-order valence-electron chi connectivity index (χ4n) is 4.01. The number of fused-ring (bicyclic) bond motifs is 1. The van der Waals surface area contributed by atoms with Crippen LogP contribution in [0.5, 0.6) is 0 Å². The Labute approximate surface area is 182 Å². The van der Waals surface area contributed by atoms with Crippen molar-refractivity contribution in [3.63, 3.8) is 0 Å². The minimum atomic E-state index is 0.0896. The first-order valence-corrected chi connectivity index (χ1v) is 11.9. The van der Waals surface area contributed by atoms with Crippen molar-refractivity contribution in [2.24, 2.45) is 0 Å². The molecule has 154 valence electrons. The van der Waals surface area contributed by atoms with Crippen LogP contribution < -0.4 is 5.56 Å². The molecule has 8 heteroatoms. The van der Waals surface area contributed by atoms with Crippen LogP contribution in [0.2, 0.25) is 0 Å². The van der Waals surface area contributed by atoms with E-state index in [1.165, 1.54) is 11.8 Å². The molecule has 3 aromatic heterocycles. The number of hydrogen-bond acceptors (Lipinski definition) is 7. The monoisotopic (exact) mass is 438 g/mol. The van der Waals surface area contributed by atoms with Gasteiger partial charge in [-0.25, -0.2) is 4.98 Å². The molecule has 0 N–H and O–H groups in total. The van der Waals surface area contributed by atoms with E-state index in [-0.39, 0.29) is 11.6 Å². The number of benzene rings is 1. The molecule has 1 aromatic carbocycles. The standard InChI is InChI=1S/C22H22N4O2S2/c1-13-14(2)30-20-18(13)21(27)26(16-10-6-7-11-16)22(23-20)29-12-17-24-25-19(28-17)15-8-4-3-5-9-15/h3-5,8-9,16H,6-7,10-12H2,1-2H3. The lowest BCUT2D eigenvalue weighted by Gasteiger charge is -2.17. The van der Waals surface area contributed by atoms with E-state index in [2.05, 4.69) is 17.1 Å². The van der Waals surface area contributed by atoms with E-state index < -0.39 is 0 Å². The molecule has 30 heavy (non-hydrogen) atoms. The molecule has 5 rings (SSSR count). The molecule has 0 saturated heterocycles. The van der Waals surface area contributed by atoms with Gasteiger partial charge in [0.05, 0.1) is 11.1 Å². The maximum atomic E-state index is 13.4. The zero-order valence-corrected chi connectivity index (χ0v) is 18.6. The van der Waals surface area contributed by atoms with Crippen LogP contribution in [0.4, 0.5) is 0 Å². The number of rotatable bonds is 5. The highest BCUT2D eigenvalue weighted by Crippen LogP contribution is 2.35. The van der Waals surface area contributed by atoms with E-state index >= 15 is 0 Å². The van der Waals surface area contributed by atoms with E-state index in [4.69, 9.17) is 9.40 Å². The van der Waals surface area contributed by atoms with E-state index in [1.807, 2.05) is 41.8 Å². The Bertz CT molecular complexity index is 1250. The van der Waals surface area contributed by atoms with Gasteiger partial charge in [-0.15, -0.1) is 21.5 Å². The average Bonchev–Trinajstić information content (AvgIpc) is 3.49. The molecule has 0 unspecified atom stereocenters. The van der Waals surface area contributed by atoms with Crippen LogP contribution in [0.3, 0.4) is 0 Å². The summed E-state index contributed by atoms with van der Waals surface area (Å²) >= 11 is 3.09. The van der Waals surface area contributed by atoms with Gasteiger partial charge in [0, 0.05) is 16.5 Å². The summed E-state index contributed by atoms with van der Waals surface area (Å²) in [6.45, 7) is 4.07. The van der Waals surface area contributed by atoms with E-state index in [1.54, 1.807) is 11.3 Å². The summed E-state index contributed by atoms with van der Waals surface area (Å²) in [7, 11) is 0. The van der Waals surface area contributed by atoms with Crippen molar-refractivity contribution in [1.29, 1.82) is 0 Å². The van der Waals surface area contributed by atoms with E-state index in [9.17, 15) is 4.79 Å². The van der Waals surface area contributed by atoms with Crippen LogP contribution in [-0.2, 0) is 5.75 Å². The van der Waals surface area contributed by atoms with Gasteiger partial charge in [0.25, 0.3) is 5.56 Å². The molecule has 1 aliphatic rings. The summed E-state index contributed by atoms with van der Waals surface area (Å²) in [6.07, 6.45) is 4.37. The molecular formula is C22H22N4O2S2. The fraction of sp³-hybridized carbons (Fsp3) is 0.364. The maximum absolute atomic E-state index is 13.4. The third kappa shape index (κ3) is 3.48. The van der Waals surface area contributed by atoms with Crippen LogP contribution in [0.15, 0.2) is 44.7 Å². The summed E-state index contributed by atoms with van der Waals surface area (Å²) in [5, 5.41) is 9.88. The minimum absolute atomic E-state index is 0.0896. The van der Waals surface area contributed by atoms with Crippen LogP contribution in [-0.4, -0.2) is 19.7 Å². The topological polar surface area (TPSA) is 73.8 Å². The van der Waals surface area contributed by atoms with Crippen LogP contribution in [0.25, 0.3) is 21.7 Å². The summed E-state index contributed by atoms with van der Waals surface area (Å²) in [6, 6.07) is 9.95. The molecule has 1 fully saturated rings. The molecule has 4 aromatic rings. The zero-order chi connectivity index (χ0) is 20.7. The SMILES string of the molecule is Cc1sc2nc(SCc3nnc(-c4ccccc4)o3)n(C3CCCC3)c(=O)c2c1C. The van der Waals surface area contributed by atoms with Crippen molar-refractivity contribution in [2.75, 3.05) is 0 Å². The Kier molecular flexibility index (Phi) is 5.20. The van der Waals surface area contributed by atoms with Gasteiger partial charge in [-0.3, -0.25) is 9.36 Å². The molecule has 6 nitrogen and oxygen atoms in total. The predicted octanol–water partition coefficient (Wildman–Crippen LogP) is 5.53. The lowest BCUT2D eigenvalue weighted by molar-refractivity contribution is 0.457. The quantitative estimate of drug-likeness (QED) is 0.301. The smallest absolute Gasteiger partial charge is 0.263 e. The first-order valence-electron chi connectivity index (χ1n) is 10.1. The van der Waals surface area contributed by atoms with Crippen molar-refractivity contribution in [1.82, 2.24) is 19.7 Å². The Hall–Kier alpha value is -2.45. The summed E-state index contributed by atoms with van der Waals surface area (Å²) < 4.78 is 7.77. The molecule has 0 aliphatic heterocycles. The molecular weight excluding hydrogens is 416 g/mol. The van der Waals surface area contributed by atoms with Gasteiger partial charge >= 0.3 is 0 Å². The van der Waals surface area contributed by atoms with Crippen molar-refractivity contribution < 1.29 is 4.42 Å². The Balaban J connectivity index is 1.49. The molecule has 0 atom stereocenters. The first kappa shape index (κ1) is 19.5. The van der Waals surface area contributed by atoms with Crippen LogP contribution in [0.1, 0.15) is 48.1 Å². The molecule has 0 amide bonds. The summed E-state index contributed by atoms with van der Waals surface area (Å²) in [5.74, 6) is 1.52. The van der Waals surface area contributed by atoms with Gasteiger partial charge in [0.15, 0.2) is 5.16 Å². The lowest BCUT2D eigenvalue weighted by atomic mass is 10.2. The zero-order valence-electron chi connectivity index (χ0n) is 16.9. The Morgan fingerprint density at radius 1 is 1.17 bits per heavy atom. The average molecular weight is 439 g/mol. The van der Waals surface area contributed by atoms with Gasteiger partial charge in [-0.05, 0) is 44.4 Å². The molecule has 3 heterocycles. The van der Waals surface area contributed by atoms with Crippen LogP contribution in [0, 0.1) is 13.8 Å². The Morgan fingerprint density at radius 2 is 1.93 bits per heavy atom. The second-order valence-corrected chi connectivity index (χ2v) is 9.77. The van der Waals surface area contributed by atoms with E-state index in [0.717, 1.165) is 57.1 Å². The number of hydrogen-bond donors (Lipinski definition) is 0. The number of thioether (sulfide) groups is 1. The van der Waals surface area contributed by atoms with E-state index in [0.29, 0.717) is 17.5 Å².